The minimum Gasteiger partial charge on any atom is -0.365 e. The summed E-state index contributed by atoms with van der Waals surface area (Å²) in [5.74, 6) is 0. The van der Waals surface area contributed by atoms with E-state index < -0.39 is 0 Å². The highest BCUT2D eigenvalue weighted by Crippen LogP contribution is 2.30. The number of aryl methyl sites for hydroxylation is 2. The van der Waals surface area contributed by atoms with Crippen molar-refractivity contribution in [2.24, 2.45) is 0 Å². The fourth-order valence-electron chi connectivity index (χ4n) is 1.85. The summed E-state index contributed by atoms with van der Waals surface area (Å²) in [4.78, 5) is 2.38. The minimum atomic E-state index is -0.366. The number of thiophene rings is 1. The molecule has 0 amide bonds. The van der Waals surface area contributed by atoms with Gasteiger partial charge >= 0.3 is 0 Å². The smallest absolute Gasteiger partial charge is 0.141 e. The van der Waals surface area contributed by atoms with E-state index in [4.69, 9.17) is 11.6 Å². The summed E-state index contributed by atoms with van der Waals surface area (Å²) in [5, 5.41) is 13.1. The molecule has 0 aliphatic carbocycles. The van der Waals surface area contributed by atoms with Gasteiger partial charge in [-0.3, -0.25) is 0 Å². The first-order valence-corrected chi connectivity index (χ1v) is 6.79. The lowest BCUT2D eigenvalue weighted by atomic mass is 10.1. The molecule has 1 heterocycles. The number of anilines is 1. The van der Waals surface area contributed by atoms with Crippen LogP contribution in [0.2, 0.25) is 5.02 Å². The standard InChI is InChI=1S/C14H13ClN2S/c1-9-7-11(10(2)18-9)14(8-16)17-13-6-4-3-5-12(13)15/h3-7,14,17H,1-2H3. The summed E-state index contributed by atoms with van der Waals surface area (Å²) in [6.07, 6.45) is 0. The van der Waals surface area contributed by atoms with Gasteiger partial charge in [-0.25, -0.2) is 0 Å². The minimum absolute atomic E-state index is 0.366. The lowest BCUT2D eigenvalue weighted by Crippen LogP contribution is -2.08. The number of para-hydroxylation sites is 1. The molecule has 0 saturated heterocycles. The molecule has 1 aromatic carbocycles. The maximum atomic E-state index is 9.31. The van der Waals surface area contributed by atoms with Crippen LogP contribution in [0, 0.1) is 25.2 Å². The van der Waals surface area contributed by atoms with Gasteiger partial charge in [-0.15, -0.1) is 11.3 Å². The number of benzene rings is 1. The van der Waals surface area contributed by atoms with Gasteiger partial charge in [0.2, 0.25) is 0 Å². The third-order valence-electron chi connectivity index (χ3n) is 2.69. The zero-order valence-corrected chi connectivity index (χ0v) is 11.8. The van der Waals surface area contributed by atoms with Crippen molar-refractivity contribution in [2.45, 2.75) is 19.9 Å². The van der Waals surface area contributed by atoms with Gasteiger partial charge in [-0.2, -0.15) is 5.26 Å². The molecule has 92 valence electrons. The van der Waals surface area contributed by atoms with Crippen LogP contribution < -0.4 is 5.32 Å². The Balaban J connectivity index is 2.29. The molecular formula is C14H13ClN2S. The molecule has 2 nitrogen and oxygen atoms in total. The fourth-order valence-corrected chi connectivity index (χ4v) is 3.00. The largest absolute Gasteiger partial charge is 0.365 e. The van der Waals surface area contributed by atoms with Gasteiger partial charge in [0.15, 0.2) is 0 Å². The summed E-state index contributed by atoms with van der Waals surface area (Å²) in [5.41, 5.74) is 1.81. The lowest BCUT2D eigenvalue weighted by molar-refractivity contribution is 0.993. The number of nitriles is 1. The van der Waals surface area contributed by atoms with Crippen molar-refractivity contribution in [3.05, 3.63) is 50.7 Å². The van der Waals surface area contributed by atoms with Crippen molar-refractivity contribution in [3.63, 3.8) is 0 Å². The van der Waals surface area contributed by atoms with Gasteiger partial charge in [0.25, 0.3) is 0 Å². The van der Waals surface area contributed by atoms with Crippen LogP contribution in [0.15, 0.2) is 30.3 Å². The molecule has 4 heteroatoms. The summed E-state index contributed by atoms with van der Waals surface area (Å²) in [7, 11) is 0. The van der Waals surface area contributed by atoms with Gasteiger partial charge in [0.05, 0.1) is 16.8 Å². The highest BCUT2D eigenvalue weighted by atomic mass is 35.5. The van der Waals surface area contributed by atoms with Crippen LogP contribution in [0.25, 0.3) is 0 Å². The molecule has 1 N–H and O–H groups in total. The molecule has 0 radical (unpaired) electrons. The number of hydrogen-bond donors (Lipinski definition) is 1. The van der Waals surface area contributed by atoms with Crippen LogP contribution in [0.3, 0.4) is 0 Å². The van der Waals surface area contributed by atoms with E-state index in [1.807, 2.05) is 38.1 Å². The Morgan fingerprint density at radius 2 is 2.06 bits per heavy atom. The molecule has 18 heavy (non-hydrogen) atoms. The molecule has 0 bridgehead atoms. The van der Waals surface area contributed by atoms with Gasteiger partial charge < -0.3 is 5.32 Å². The topological polar surface area (TPSA) is 35.8 Å². The van der Waals surface area contributed by atoms with Gasteiger partial charge in [0, 0.05) is 15.3 Å². The van der Waals surface area contributed by atoms with E-state index in [1.165, 1.54) is 9.75 Å². The number of nitrogens with one attached hydrogen (secondary N) is 1. The molecule has 0 saturated carbocycles. The Morgan fingerprint density at radius 3 is 2.61 bits per heavy atom. The second kappa shape index (κ2) is 5.43. The average Bonchev–Trinajstić information content (AvgIpc) is 2.67. The van der Waals surface area contributed by atoms with Gasteiger partial charge in [0.1, 0.15) is 6.04 Å². The lowest BCUT2D eigenvalue weighted by Gasteiger charge is -2.14. The zero-order valence-electron chi connectivity index (χ0n) is 10.2. The van der Waals surface area contributed by atoms with Crippen LogP contribution >= 0.6 is 22.9 Å². The molecule has 1 atom stereocenters. The molecule has 1 aromatic heterocycles. The molecular weight excluding hydrogens is 264 g/mol. The first kappa shape index (κ1) is 12.9. The Morgan fingerprint density at radius 1 is 1.33 bits per heavy atom. The van der Waals surface area contributed by atoms with E-state index >= 15 is 0 Å². The second-order valence-electron chi connectivity index (χ2n) is 4.05. The number of halogens is 1. The Bertz CT molecular complexity index is 598. The molecule has 0 aliphatic heterocycles. The SMILES string of the molecule is Cc1cc(C(C#N)Nc2ccccc2Cl)c(C)s1. The molecule has 0 fully saturated rings. The second-order valence-corrected chi connectivity index (χ2v) is 5.92. The molecule has 2 rings (SSSR count). The van der Waals surface area contributed by atoms with E-state index in [1.54, 1.807) is 11.3 Å². The predicted molar refractivity (Wildman–Crippen MR) is 77.2 cm³/mol. The third kappa shape index (κ3) is 2.66. The highest BCUT2D eigenvalue weighted by Gasteiger charge is 2.16. The number of hydrogen-bond acceptors (Lipinski definition) is 3. The van der Waals surface area contributed by atoms with Crippen molar-refractivity contribution in [1.29, 1.82) is 5.26 Å². The summed E-state index contributed by atoms with van der Waals surface area (Å²) in [6.45, 7) is 4.08. The molecule has 0 aliphatic rings. The Kier molecular flexibility index (Phi) is 3.90. The average molecular weight is 277 g/mol. The summed E-state index contributed by atoms with van der Waals surface area (Å²) >= 11 is 7.79. The van der Waals surface area contributed by atoms with E-state index in [0.29, 0.717) is 5.02 Å². The quantitative estimate of drug-likeness (QED) is 0.882. The number of rotatable bonds is 3. The van der Waals surface area contributed by atoms with Crippen molar-refractivity contribution < 1.29 is 0 Å². The zero-order chi connectivity index (χ0) is 13.1. The van der Waals surface area contributed by atoms with E-state index in [9.17, 15) is 5.26 Å². The normalized spacial score (nSPS) is 11.9. The maximum absolute atomic E-state index is 9.31. The van der Waals surface area contributed by atoms with Crippen molar-refractivity contribution in [2.75, 3.05) is 5.32 Å². The van der Waals surface area contributed by atoms with Crippen LogP contribution in [0.1, 0.15) is 21.4 Å². The Labute approximate surface area is 116 Å². The van der Waals surface area contributed by atoms with Crippen molar-refractivity contribution in [3.8, 4) is 6.07 Å². The molecule has 0 spiro atoms. The highest BCUT2D eigenvalue weighted by molar-refractivity contribution is 7.12. The van der Waals surface area contributed by atoms with Crippen LogP contribution in [0.4, 0.5) is 5.69 Å². The Hall–Kier alpha value is -1.50. The predicted octanol–water partition coefficient (Wildman–Crippen LogP) is 4.70. The van der Waals surface area contributed by atoms with E-state index in [0.717, 1.165) is 11.3 Å². The first-order chi connectivity index (χ1) is 8.61. The van der Waals surface area contributed by atoms with Crippen molar-refractivity contribution >= 4 is 28.6 Å². The van der Waals surface area contributed by atoms with E-state index in [2.05, 4.69) is 17.5 Å². The maximum Gasteiger partial charge on any atom is 0.141 e. The third-order valence-corrected chi connectivity index (χ3v) is 4.00. The van der Waals surface area contributed by atoms with E-state index in [-0.39, 0.29) is 6.04 Å². The number of nitrogens with zero attached hydrogens (tertiary/aromatic N) is 1. The first-order valence-electron chi connectivity index (χ1n) is 5.59. The van der Waals surface area contributed by atoms with Crippen LogP contribution in [0.5, 0.6) is 0 Å². The monoisotopic (exact) mass is 276 g/mol. The summed E-state index contributed by atoms with van der Waals surface area (Å²) in [6, 6.07) is 11.4. The van der Waals surface area contributed by atoms with Crippen LogP contribution in [-0.2, 0) is 0 Å². The molecule has 1 unspecified atom stereocenters. The summed E-state index contributed by atoms with van der Waals surface area (Å²) < 4.78 is 0. The van der Waals surface area contributed by atoms with Gasteiger partial charge in [-0.1, -0.05) is 23.7 Å². The van der Waals surface area contributed by atoms with Gasteiger partial charge in [-0.05, 0) is 32.0 Å². The fraction of sp³-hybridized carbons (Fsp3) is 0.214. The van der Waals surface area contributed by atoms with Crippen LogP contribution in [-0.4, -0.2) is 0 Å². The van der Waals surface area contributed by atoms with Crippen molar-refractivity contribution in [1.82, 2.24) is 0 Å². The molecule has 2 aromatic rings.